The van der Waals surface area contributed by atoms with Crippen molar-refractivity contribution in [2.24, 2.45) is 7.05 Å². The molecule has 26 heavy (non-hydrogen) atoms. The van der Waals surface area contributed by atoms with Crippen LogP contribution in [0.3, 0.4) is 0 Å². The first-order chi connectivity index (χ1) is 12.2. The van der Waals surface area contributed by atoms with E-state index in [1.54, 1.807) is 37.0 Å². The average Bonchev–Trinajstić information content (AvgIpc) is 2.90. The van der Waals surface area contributed by atoms with Crippen molar-refractivity contribution in [3.05, 3.63) is 40.9 Å². The van der Waals surface area contributed by atoms with Gasteiger partial charge in [-0.2, -0.15) is 22.5 Å². The molecular weight excluding hydrogens is 380 g/mol. The van der Waals surface area contributed by atoms with Gasteiger partial charge in [0.1, 0.15) is 6.04 Å². The maximum atomic E-state index is 12.7. The first kappa shape index (κ1) is 18.8. The van der Waals surface area contributed by atoms with Gasteiger partial charge in [-0.05, 0) is 25.5 Å². The number of nitrogens with zero attached hydrogens (tertiary/aromatic N) is 4. The van der Waals surface area contributed by atoms with Crippen molar-refractivity contribution >= 4 is 33.4 Å². The molecule has 11 heteroatoms. The minimum atomic E-state index is -3.83. The van der Waals surface area contributed by atoms with E-state index in [0.29, 0.717) is 11.4 Å². The molecule has 1 fully saturated rings. The van der Waals surface area contributed by atoms with Gasteiger partial charge in [-0.15, -0.1) is 0 Å². The highest BCUT2D eigenvalue weighted by molar-refractivity contribution is 7.87. The zero-order valence-electron chi connectivity index (χ0n) is 14.5. The molecule has 2 aromatic heterocycles. The number of anilines is 1. The number of likely N-dealkylation sites (N-methyl/N-ethyl adjacent to an activating group) is 1. The number of amides is 1. The van der Waals surface area contributed by atoms with E-state index < -0.39 is 28.2 Å². The van der Waals surface area contributed by atoms with Gasteiger partial charge in [0.25, 0.3) is 10.2 Å². The minimum Gasteiger partial charge on any atom is -0.322 e. The fraction of sp³-hybridized carbons (Fsp3) is 0.400. The second-order valence-corrected chi connectivity index (χ2v) is 8.24. The molecule has 0 aromatic carbocycles. The Kier molecular flexibility index (Phi) is 5.02. The summed E-state index contributed by atoms with van der Waals surface area (Å²) in [5, 5.41) is 7.03. The van der Waals surface area contributed by atoms with Crippen molar-refractivity contribution in [2.75, 3.05) is 12.4 Å². The lowest BCUT2D eigenvalue weighted by Gasteiger charge is -2.36. The molecule has 0 bridgehead atoms. The second-order valence-electron chi connectivity index (χ2n) is 6.12. The number of hydrogen-bond acceptors (Lipinski definition) is 5. The van der Waals surface area contributed by atoms with E-state index in [9.17, 15) is 13.2 Å². The Morgan fingerprint density at radius 2 is 2.15 bits per heavy atom. The van der Waals surface area contributed by atoms with Crippen LogP contribution in [0.2, 0.25) is 5.15 Å². The summed E-state index contributed by atoms with van der Waals surface area (Å²) in [5.41, 5.74) is 1.78. The highest BCUT2D eigenvalue weighted by Gasteiger charge is 2.41. The standard InChI is InChI=1S/C15H19ClN6O3S/c1-9-10(8-21(2)19-9)12-7-13(22(3)26(24,25)20-12)15(23)18-11-5-4-6-17-14(11)16/h4-6,8,12-13,20H,7H2,1-3H3,(H,18,23)/t12-,13+/m1/s1. The summed E-state index contributed by atoms with van der Waals surface area (Å²) in [6, 6.07) is 1.78. The lowest BCUT2D eigenvalue weighted by atomic mass is 10.00. The molecular formula is C15H19ClN6O3S. The number of nitrogens with one attached hydrogen (secondary N) is 2. The van der Waals surface area contributed by atoms with E-state index in [1.807, 2.05) is 0 Å². The molecule has 1 aliphatic heterocycles. The third-order valence-corrected chi connectivity index (χ3v) is 6.21. The Morgan fingerprint density at radius 1 is 1.42 bits per heavy atom. The van der Waals surface area contributed by atoms with Crippen LogP contribution in [0, 0.1) is 6.92 Å². The summed E-state index contributed by atoms with van der Waals surface area (Å²) < 4.78 is 30.2. The maximum absolute atomic E-state index is 12.7. The summed E-state index contributed by atoms with van der Waals surface area (Å²) in [6.07, 6.45) is 3.51. The fourth-order valence-corrected chi connectivity index (χ4v) is 4.40. The maximum Gasteiger partial charge on any atom is 0.280 e. The predicted octanol–water partition coefficient (Wildman–Crippen LogP) is 0.995. The Morgan fingerprint density at radius 3 is 2.77 bits per heavy atom. The lowest BCUT2D eigenvalue weighted by Crippen LogP contribution is -2.56. The molecule has 0 radical (unpaired) electrons. The molecule has 3 rings (SSSR count). The molecule has 1 amide bonds. The van der Waals surface area contributed by atoms with E-state index in [4.69, 9.17) is 11.6 Å². The smallest absolute Gasteiger partial charge is 0.280 e. The first-order valence-corrected chi connectivity index (χ1v) is 9.67. The number of pyridine rings is 1. The third-order valence-electron chi connectivity index (χ3n) is 4.31. The van der Waals surface area contributed by atoms with Crippen LogP contribution in [-0.2, 0) is 22.1 Å². The van der Waals surface area contributed by atoms with Gasteiger partial charge in [0.2, 0.25) is 5.91 Å². The van der Waals surface area contributed by atoms with Gasteiger partial charge in [0.05, 0.1) is 17.4 Å². The van der Waals surface area contributed by atoms with Crippen molar-refractivity contribution in [3.8, 4) is 0 Å². The second kappa shape index (κ2) is 6.95. The molecule has 3 heterocycles. The zero-order chi connectivity index (χ0) is 19.1. The number of aryl methyl sites for hydroxylation is 2. The predicted molar refractivity (Wildman–Crippen MR) is 96.8 cm³/mol. The number of aromatic nitrogens is 3. The molecule has 2 aromatic rings. The molecule has 0 spiro atoms. The molecule has 0 saturated carbocycles. The normalized spacial score (nSPS) is 22.9. The van der Waals surface area contributed by atoms with Crippen molar-refractivity contribution in [1.82, 2.24) is 23.8 Å². The monoisotopic (exact) mass is 398 g/mol. The van der Waals surface area contributed by atoms with Crippen LogP contribution in [0.1, 0.15) is 23.7 Å². The highest BCUT2D eigenvalue weighted by atomic mass is 35.5. The van der Waals surface area contributed by atoms with Crippen molar-refractivity contribution in [2.45, 2.75) is 25.4 Å². The molecule has 2 atom stereocenters. The third kappa shape index (κ3) is 3.58. The zero-order valence-corrected chi connectivity index (χ0v) is 16.0. The summed E-state index contributed by atoms with van der Waals surface area (Å²) >= 11 is 5.97. The molecule has 2 N–H and O–H groups in total. The fourth-order valence-electron chi connectivity index (χ4n) is 2.97. The van der Waals surface area contributed by atoms with Gasteiger partial charge >= 0.3 is 0 Å². The van der Waals surface area contributed by atoms with Gasteiger partial charge in [-0.1, -0.05) is 11.6 Å². The van der Waals surface area contributed by atoms with E-state index in [1.165, 1.54) is 13.2 Å². The minimum absolute atomic E-state index is 0.139. The number of rotatable bonds is 3. The van der Waals surface area contributed by atoms with Crippen LogP contribution < -0.4 is 10.0 Å². The van der Waals surface area contributed by atoms with Gasteiger partial charge in [-0.3, -0.25) is 9.48 Å². The number of halogens is 1. The van der Waals surface area contributed by atoms with Crippen LogP contribution >= 0.6 is 11.6 Å². The number of hydrogen-bond donors (Lipinski definition) is 2. The van der Waals surface area contributed by atoms with Crippen LogP contribution in [0.5, 0.6) is 0 Å². The summed E-state index contributed by atoms with van der Waals surface area (Å²) in [6.45, 7) is 1.80. The molecule has 1 saturated heterocycles. The van der Waals surface area contributed by atoms with E-state index in [0.717, 1.165) is 9.87 Å². The summed E-state index contributed by atoms with van der Waals surface area (Å²) in [5.74, 6) is -0.473. The quantitative estimate of drug-likeness (QED) is 0.749. The molecule has 0 unspecified atom stereocenters. The molecule has 1 aliphatic rings. The molecule has 9 nitrogen and oxygen atoms in total. The average molecular weight is 399 g/mol. The van der Waals surface area contributed by atoms with Crippen molar-refractivity contribution < 1.29 is 13.2 Å². The largest absolute Gasteiger partial charge is 0.322 e. The van der Waals surface area contributed by atoms with E-state index >= 15 is 0 Å². The van der Waals surface area contributed by atoms with Gasteiger partial charge in [0.15, 0.2) is 5.15 Å². The number of carbonyl (C=O) groups excluding carboxylic acids is 1. The summed E-state index contributed by atoms with van der Waals surface area (Å²) in [4.78, 5) is 16.6. The van der Waals surface area contributed by atoms with E-state index in [2.05, 4.69) is 20.1 Å². The van der Waals surface area contributed by atoms with Crippen molar-refractivity contribution in [1.29, 1.82) is 0 Å². The van der Waals surface area contributed by atoms with Gasteiger partial charge in [-0.25, -0.2) is 4.98 Å². The Labute approximate surface area is 156 Å². The summed E-state index contributed by atoms with van der Waals surface area (Å²) in [7, 11) is -0.703. The lowest BCUT2D eigenvalue weighted by molar-refractivity contribution is -0.120. The molecule has 0 aliphatic carbocycles. The van der Waals surface area contributed by atoms with Gasteiger partial charge in [0, 0.05) is 32.1 Å². The van der Waals surface area contributed by atoms with Gasteiger partial charge < -0.3 is 5.32 Å². The van der Waals surface area contributed by atoms with Crippen LogP contribution in [-0.4, -0.2) is 46.5 Å². The number of carbonyl (C=O) groups is 1. The Hall–Kier alpha value is -2.01. The topological polar surface area (TPSA) is 109 Å². The first-order valence-electron chi connectivity index (χ1n) is 7.86. The highest BCUT2D eigenvalue weighted by Crippen LogP contribution is 2.30. The van der Waals surface area contributed by atoms with Crippen LogP contribution in [0.25, 0.3) is 0 Å². The van der Waals surface area contributed by atoms with Crippen molar-refractivity contribution in [3.63, 3.8) is 0 Å². The Bertz CT molecular complexity index is 945. The van der Waals surface area contributed by atoms with E-state index in [-0.39, 0.29) is 11.6 Å². The SMILES string of the molecule is Cc1nn(C)cc1[C@H]1C[C@@H](C(=O)Nc2cccnc2Cl)N(C)S(=O)(=O)N1. The van der Waals surface area contributed by atoms with Crippen LogP contribution in [0.15, 0.2) is 24.5 Å². The molecule has 140 valence electrons. The Balaban J connectivity index is 1.88. The van der Waals surface area contributed by atoms with Crippen LogP contribution in [0.4, 0.5) is 5.69 Å².